The Morgan fingerprint density at radius 3 is 2.42 bits per heavy atom. The number of rotatable bonds is 8. The van der Waals surface area contributed by atoms with E-state index in [1.54, 1.807) is 18.2 Å². The zero-order valence-corrected chi connectivity index (χ0v) is 18.9. The van der Waals surface area contributed by atoms with Crippen LogP contribution in [-0.2, 0) is 6.61 Å². The number of nitrogens with one attached hydrogen (secondary N) is 1. The summed E-state index contributed by atoms with van der Waals surface area (Å²) in [6.45, 7) is 6.01. The van der Waals surface area contributed by atoms with Gasteiger partial charge in [-0.15, -0.1) is 0 Å². The fourth-order valence-electron chi connectivity index (χ4n) is 3.16. The second-order valence-corrected chi connectivity index (χ2v) is 7.61. The minimum atomic E-state index is -0.539. The van der Waals surface area contributed by atoms with Gasteiger partial charge in [0.2, 0.25) is 5.75 Å². The first-order valence-corrected chi connectivity index (χ1v) is 10.2. The molecule has 0 heterocycles. The third-order valence-electron chi connectivity index (χ3n) is 5.04. The Labute approximate surface area is 192 Å². The van der Waals surface area contributed by atoms with Gasteiger partial charge in [-0.3, -0.25) is 14.9 Å². The van der Waals surface area contributed by atoms with E-state index < -0.39 is 4.92 Å². The van der Waals surface area contributed by atoms with E-state index in [1.807, 2.05) is 51.1 Å². The zero-order valence-electron chi connectivity index (χ0n) is 18.9. The Hall–Kier alpha value is -4.20. The monoisotopic (exact) mass is 447 g/mol. The first kappa shape index (κ1) is 23.5. The molecular weight excluding hydrogens is 422 g/mol. The quantitative estimate of drug-likeness (QED) is 0.301. The van der Waals surface area contributed by atoms with Crippen molar-refractivity contribution in [3.05, 3.63) is 98.1 Å². The van der Waals surface area contributed by atoms with Crippen LogP contribution in [0.25, 0.3) is 0 Å². The number of nitrogens with zero attached hydrogens (tertiary/aromatic N) is 2. The molecule has 0 saturated carbocycles. The van der Waals surface area contributed by atoms with Gasteiger partial charge in [0.15, 0.2) is 5.75 Å². The average Bonchev–Trinajstić information content (AvgIpc) is 2.79. The van der Waals surface area contributed by atoms with Crippen LogP contribution in [-0.4, -0.2) is 24.2 Å². The summed E-state index contributed by atoms with van der Waals surface area (Å²) in [6.07, 6.45) is 1.32. The van der Waals surface area contributed by atoms with Crippen LogP contribution in [0.3, 0.4) is 0 Å². The van der Waals surface area contributed by atoms with Gasteiger partial charge >= 0.3 is 5.69 Å². The summed E-state index contributed by atoms with van der Waals surface area (Å²) in [7, 11) is 1.41. The van der Waals surface area contributed by atoms with Crippen molar-refractivity contribution in [1.29, 1.82) is 0 Å². The van der Waals surface area contributed by atoms with E-state index in [4.69, 9.17) is 9.47 Å². The standard InChI is InChI=1S/C25H25N3O5/c1-16-6-9-20(10-7-16)25(29)27-26-14-19-12-22(28(30)31)24(23(13-19)32-4)33-15-21-11-17(2)5-8-18(21)3/h5-14H,15H2,1-4H3,(H,27,29)/b26-14-. The lowest BCUT2D eigenvalue weighted by atomic mass is 10.1. The van der Waals surface area contributed by atoms with Gasteiger partial charge in [0.25, 0.3) is 5.91 Å². The van der Waals surface area contributed by atoms with E-state index in [-0.39, 0.29) is 29.7 Å². The lowest BCUT2D eigenvalue weighted by Gasteiger charge is -2.13. The molecule has 0 aromatic heterocycles. The van der Waals surface area contributed by atoms with E-state index in [0.717, 1.165) is 22.3 Å². The lowest BCUT2D eigenvalue weighted by Crippen LogP contribution is -2.17. The molecule has 0 saturated heterocycles. The van der Waals surface area contributed by atoms with Gasteiger partial charge in [-0.05, 0) is 50.1 Å². The van der Waals surface area contributed by atoms with Crippen LogP contribution < -0.4 is 14.9 Å². The number of nitro groups is 1. The normalized spacial score (nSPS) is 10.8. The zero-order chi connectivity index (χ0) is 24.0. The number of carbonyl (C=O) groups excluding carboxylic acids is 1. The van der Waals surface area contributed by atoms with Crippen molar-refractivity contribution in [2.24, 2.45) is 5.10 Å². The molecule has 8 heteroatoms. The number of ether oxygens (including phenoxy) is 2. The van der Waals surface area contributed by atoms with Gasteiger partial charge in [0.05, 0.1) is 18.2 Å². The van der Waals surface area contributed by atoms with Crippen molar-refractivity contribution in [3.8, 4) is 11.5 Å². The third-order valence-corrected chi connectivity index (χ3v) is 5.04. The van der Waals surface area contributed by atoms with Crippen LogP contribution in [0.1, 0.15) is 38.2 Å². The van der Waals surface area contributed by atoms with Crippen molar-refractivity contribution < 1.29 is 19.2 Å². The van der Waals surface area contributed by atoms with E-state index in [0.29, 0.717) is 11.1 Å². The Kier molecular flexibility index (Phi) is 7.40. The number of amides is 1. The first-order valence-electron chi connectivity index (χ1n) is 10.2. The van der Waals surface area contributed by atoms with E-state index in [2.05, 4.69) is 10.5 Å². The van der Waals surface area contributed by atoms with Gasteiger partial charge in [0, 0.05) is 17.2 Å². The maximum Gasteiger partial charge on any atom is 0.315 e. The van der Waals surface area contributed by atoms with Crippen LogP contribution >= 0.6 is 0 Å². The molecule has 3 aromatic rings. The maximum atomic E-state index is 12.2. The van der Waals surface area contributed by atoms with E-state index >= 15 is 0 Å². The number of aryl methyl sites for hydroxylation is 3. The van der Waals surface area contributed by atoms with Crippen molar-refractivity contribution in [3.63, 3.8) is 0 Å². The van der Waals surface area contributed by atoms with Crippen molar-refractivity contribution in [2.45, 2.75) is 27.4 Å². The number of hydrazone groups is 1. The summed E-state index contributed by atoms with van der Waals surface area (Å²) in [6, 6.07) is 15.9. The van der Waals surface area contributed by atoms with Gasteiger partial charge in [-0.1, -0.05) is 41.5 Å². The summed E-state index contributed by atoms with van der Waals surface area (Å²) in [5.41, 5.74) is 7.04. The highest BCUT2D eigenvalue weighted by Crippen LogP contribution is 2.38. The van der Waals surface area contributed by atoms with E-state index in [9.17, 15) is 14.9 Å². The molecule has 3 rings (SSSR count). The molecule has 0 spiro atoms. The van der Waals surface area contributed by atoms with Gasteiger partial charge in [-0.2, -0.15) is 5.10 Å². The summed E-state index contributed by atoms with van der Waals surface area (Å²) >= 11 is 0. The fraction of sp³-hybridized carbons (Fsp3) is 0.200. The van der Waals surface area contributed by atoms with Crippen LogP contribution in [0.2, 0.25) is 0 Å². The number of methoxy groups -OCH3 is 1. The molecule has 33 heavy (non-hydrogen) atoms. The molecule has 170 valence electrons. The van der Waals surface area contributed by atoms with Gasteiger partial charge < -0.3 is 9.47 Å². The molecular formula is C25H25N3O5. The number of benzene rings is 3. The highest BCUT2D eigenvalue weighted by atomic mass is 16.6. The summed E-state index contributed by atoms with van der Waals surface area (Å²) in [5, 5.41) is 15.6. The molecule has 1 amide bonds. The molecule has 0 aliphatic heterocycles. The molecule has 3 aromatic carbocycles. The number of hydrogen-bond acceptors (Lipinski definition) is 6. The largest absolute Gasteiger partial charge is 0.493 e. The molecule has 0 atom stereocenters. The summed E-state index contributed by atoms with van der Waals surface area (Å²) in [4.78, 5) is 23.4. The maximum absolute atomic E-state index is 12.2. The van der Waals surface area contributed by atoms with Gasteiger partial charge in [0.1, 0.15) is 6.61 Å². The highest BCUT2D eigenvalue weighted by Gasteiger charge is 2.22. The van der Waals surface area contributed by atoms with Gasteiger partial charge in [-0.25, -0.2) is 5.43 Å². The smallest absolute Gasteiger partial charge is 0.315 e. The molecule has 8 nitrogen and oxygen atoms in total. The predicted octanol–water partition coefficient (Wildman–Crippen LogP) is 4.87. The van der Waals surface area contributed by atoms with E-state index in [1.165, 1.54) is 19.4 Å². The Balaban J connectivity index is 1.81. The molecule has 0 bridgehead atoms. The van der Waals surface area contributed by atoms with Crippen molar-refractivity contribution in [1.82, 2.24) is 5.43 Å². The third kappa shape index (κ3) is 5.94. The molecule has 0 unspecified atom stereocenters. The van der Waals surface area contributed by atoms with Crippen molar-refractivity contribution in [2.75, 3.05) is 7.11 Å². The molecule has 0 fully saturated rings. The second kappa shape index (κ2) is 10.4. The van der Waals surface area contributed by atoms with Crippen molar-refractivity contribution >= 4 is 17.8 Å². The number of nitro benzene ring substituents is 1. The fourth-order valence-corrected chi connectivity index (χ4v) is 3.16. The first-order chi connectivity index (χ1) is 15.8. The number of carbonyl (C=O) groups is 1. The average molecular weight is 447 g/mol. The highest BCUT2D eigenvalue weighted by molar-refractivity contribution is 5.95. The number of hydrogen-bond donors (Lipinski definition) is 1. The van der Waals surface area contributed by atoms with Crippen LogP contribution in [0.5, 0.6) is 11.5 Å². The Bertz CT molecular complexity index is 1200. The molecule has 0 radical (unpaired) electrons. The second-order valence-electron chi connectivity index (χ2n) is 7.61. The molecule has 0 aliphatic carbocycles. The SMILES string of the molecule is COc1cc(/C=N\NC(=O)c2ccc(C)cc2)cc([N+](=O)[O-])c1OCc1cc(C)ccc1C. The minimum Gasteiger partial charge on any atom is -0.493 e. The molecule has 0 aliphatic rings. The minimum absolute atomic E-state index is 0.0317. The Morgan fingerprint density at radius 2 is 1.76 bits per heavy atom. The van der Waals surface area contributed by atoms with Crippen LogP contribution in [0.15, 0.2) is 59.7 Å². The summed E-state index contributed by atoms with van der Waals surface area (Å²) in [5.74, 6) is -0.161. The molecule has 1 N–H and O–H groups in total. The topological polar surface area (TPSA) is 103 Å². The van der Waals surface area contributed by atoms with Crippen LogP contribution in [0, 0.1) is 30.9 Å². The summed E-state index contributed by atoms with van der Waals surface area (Å²) < 4.78 is 11.2. The Morgan fingerprint density at radius 1 is 1.06 bits per heavy atom. The lowest BCUT2D eigenvalue weighted by molar-refractivity contribution is -0.386. The predicted molar refractivity (Wildman–Crippen MR) is 126 cm³/mol. The van der Waals surface area contributed by atoms with Crippen LogP contribution in [0.4, 0.5) is 5.69 Å².